The molecule has 214 valence electrons. The third-order valence-electron chi connectivity index (χ3n) is 6.67. The number of aromatic nitrogens is 2. The lowest BCUT2D eigenvalue weighted by Crippen LogP contribution is -2.45. The fourth-order valence-electron chi connectivity index (χ4n) is 4.08. The van der Waals surface area contributed by atoms with Gasteiger partial charge >= 0.3 is 18.2 Å². The van der Waals surface area contributed by atoms with Crippen LogP contribution in [0.4, 0.5) is 29.3 Å². The van der Waals surface area contributed by atoms with Gasteiger partial charge in [0.2, 0.25) is 5.60 Å². The number of ether oxygens (including phenoxy) is 2. The molecule has 1 aromatic heterocycles. The first-order valence-electron chi connectivity index (χ1n) is 11.9. The number of sulfonamides is 1. The van der Waals surface area contributed by atoms with Crippen LogP contribution in [0.2, 0.25) is 5.15 Å². The fourth-order valence-corrected chi connectivity index (χ4v) is 6.03. The van der Waals surface area contributed by atoms with Crippen molar-refractivity contribution in [3.05, 3.63) is 29.5 Å². The minimum Gasteiger partial charge on any atom is -0.486 e. The van der Waals surface area contributed by atoms with Crippen LogP contribution in [0.25, 0.3) is 0 Å². The number of nitrogens with zero attached hydrogens (tertiary/aromatic N) is 3. The second-order valence-corrected chi connectivity index (χ2v) is 12.1. The van der Waals surface area contributed by atoms with Crippen LogP contribution in [0.1, 0.15) is 40.0 Å². The third kappa shape index (κ3) is 5.60. The maximum atomic E-state index is 13.8. The highest BCUT2D eigenvalue weighted by Crippen LogP contribution is 2.51. The summed E-state index contributed by atoms with van der Waals surface area (Å²) in [6, 6.07) is 3.82. The molecular formula is C23H26ClF3N4O7S. The third-order valence-corrected chi connectivity index (χ3v) is 8.84. The summed E-state index contributed by atoms with van der Waals surface area (Å²) < 4.78 is 79.7. The Balaban J connectivity index is 1.69. The molecule has 1 aromatic carbocycles. The quantitative estimate of drug-likeness (QED) is 0.450. The number of amides is 1. The minimum atomic E-state index is -4.83. The molecule has 0 bridgehead atoms. The topological polar surface area (TPSA) is 140 Å². The van der Waals surface area contributed by atoms with E-state index in [0.717, 1.165) is 4.31 Å². The summed E-state index contributed by atoms with van der Waals surface area (Å²) in [7, 11) is -4.38. The van der Waals surface area contributed by atoms with Crippen molar-refractivity contribution < 1.29 is 45.8 Å². The number of aryl methyl sites for hydroxylation is 1. The van der Waals surface area contributed by atoms with Crippen LogP contribution in [0, 0.1) is 5.41 Å². The Kier molecular flexibility index (Phi) is 7.21. The number of halogens is 4. The van der Waals surface area contributed by atoms with Crippen LogP contribution >= 0.6 is 11.6 Å². The monoisotopic (exact) mass is 594 g/mol. The average molecular weight is 595 g/mol. The first-order valence-corrected chi connectivity index (χ1v) is 13.7. The molecule has 39 heavy (non-hydrogen) atoms. The number of rotatable bonds is 8. The molecule has 0 unspecified atom stereocenters. The van der Waals surface area contributed by atoms with Crippen LogP contribution in [0.3, 0.4) is 0 Å². The second kappa shape index (κ2) is 9.77. The summed E-state index contributed by atoms with van der Waals surface area (Å²) in [4.78, 5) is 23.7. The molecule has 0 radical (unpaired) electrons. The zero-order valence-electron chi connectivity index (χ0n) is 21.1. The number of benzene rings is 1. The Morgan fingerprint density at radius 3 is 2.51 bits per heavy atom. The van der Waals surface area contributed by atoms with E-state index in [4.69, 9.17) is 16.3 Å². The molecule has 0 saturated heterocycles. The number of carboxylic acid groups (broad SMARTS) is 1. The molecule has 16 heteroatoms. The van der Waals surface area contributed by atoms with Gasteiger partial charge in [-0.1, -0.05) is 11.6 Å². The molecule has 1 aliphatic carbocycles. The number of aliphatic carboxylic acids is 1. The Hall–Kier alpha value is -3.20. The lowest BCUT2D eigenvalue weighted by Gasteiger charge is -2.36. The number of nitrogens with one attached hydrogen (secondary N) is 1. The van der Waals surface area contributed by atoms with Gasteiger partial charge in [-0.25, -0.2) is 13.2 Å². The van der Waals surface area contributed by atoms with Gasteiger partial charge in [0.15, 0.2) is 5.15 Å². The molecule has 1 saturated carbocycles. The van der Waals surface area contributed by atoms with Gasteiger partial charge in [-0.3, -0.25) is 19.1 Å². The molecule has 2 aliphatic rings. The van der Waals surface area contributed by atoms with E-state index in [0.29, 0.717) is 33.2 Å². The Morgan fingerprint density at radius 2 is 1.97 bits per heavy atom. The minimum absolute atomic E-state index is 0.0420. The molecule has 0 spiro atoms. The largest absolute Gasteiger partial charge is 0.486 e. The van der Waals surface area contributed by atoms with Crippen molar-refractivity contribution in [2.75, 3.05) is 16.2 Å². The Bertz CT molecular complexity index is 1410. The zero-order valence-corrected chi connectivity index (χ0v) is 22.7. The van der Waals surface area contributed by atoms with Crippen molar-refractivity contribution in [3.63, 3.8) is 0 Å². The molecule has 2 N–H and O–H groups in total. The summed E-state index contributed by atoms with van der Waals surface area (Å²) >= 11 is 6.14. The molecule has 2 heterocycles. The highest BCUT2D eigenvalue weighted by atomic mass is 35.5. The second-order valence-electron chi connectivity index (χ2n) is 9.91. The van der Waals surface area contributed by atoms with Crippen LogP contribution in [0.5, 0.6) is 5.75 Å². The van der Waals surface area contributed by atoms with Crippen molar-refractivity contribution >= 4 is 45.1 Å². The Morgan fingerprint density at radius 1 is 1.31 bits per heavy atom. The lowest BCUT2D eigenvalue weighted by molar-refractivity contribution is -0.242. The summed E-state index contributed by atoms with van der Waals surface area (Å²) in [6.07, 6.45) is -4.92. The van der Waals surface area contributed by atoms with Crippen molar-refractivity contribution in [2.24, 2.45) is 5.41 Å². The van der Waals surface area contributed by atoms with Gasteiger partial charge < -0.3 is 14.6 Å². The Labute approximate surface area is 226 Å². The molecule has 1 fully saturated rings. The fraction of sp³-hybridized carbons (Fsp3) is 0.522. The normalized spacial score (nSPS) is 18.6. The standard InChI is InChI=1S/C23H26ClF3N4O7S/c1-4-30-12-17(18(24)29-30)39(35,36)31-11-14(10-22(7-8-22)19(32)33)37-16-6-5-13(9-15(16)31)28-20(34)38-21(2,3)23(25,26)27/h5-6,9,12,14H,4,7-8,10-11H2,1-3H3,(H,28,34)(H,32,33)/t14-/m1/s1. The number of alkyl halides is 3. The van der Waals surface area contributed by atoms with E-state index in [1.54, 1.807) is 6.92 Å². The number of carboxylic acids is 1. The number of fused-ring (bicyclic) bond motifs is 1. The van der Waals surface area contributed by atoms with E-state index < -0.39 is 45.4 Å². The average Bonchev–Trinajstić information content (AvgIpc) is 3.50. The highest BCUT2D eigenvalue weighted by Gasteiger charge is 2.53. The van der Waals surface area contributed by atoms with E-state index in [9.17, 15) is 36.3 Å². The van der Waals surface area contributed by atoms with Gasteiger partial charge in [0, 0.05) is 24.8 Å². The van der Waals surface area contributed by atoms with E-state index in [-0.39, 0.29) is 40.1 Å². The number of hydrogen-bond donors (Lipinski definition) is 2. The zero-order chi connectivity index (χ0) is 29.0. The van der Waals surface area contributed by atoms with Gasteiger partial charge in [-0.05, 0) is 51.8 Å². The van der Waals surface area contributed by atoms with Crippen molar-refractivity contribution in [2.45, 2.75) is 69.4 Å². The van der Waals surface area contributed by atoms with Crippen LogP contribution in [-0.2, 0) is 26.1 Å². The summed E-state index contributed by atoms with van der Waals surface area (Å²) in [5.41, 5.74) is -3.91. The van der Waals surface area contributed by atoms with E-state index >= 15 is 0 Å². The SMILES string of the molecule is CCn1cc(S(=O)(=O)N2C[C@@H](CC3(C(=O)O)CC3)Oc3ccc(NC(=O)OC(C)(C)C(F)(F)F)cc32)c(Cl)n1. The molecule has 4 rings (SSSR count). The van der Waals surface area contributed by atoms with Gasteiger partial charge in [0.25, 0.3) is 10.0 Å². The van der Waals surface area contributed by atoms with Crippen LogP contribution in [0.15, 0.2) is 29.3 Å². The van der Waals surface area contributed by atoms with Crippen molar-refractivity contribution in [3.8, 4) is 5.75 Å². The van der Waals surface area contributed by atoms with Crippen LogP contribution < -0.4 is 14.4 Å². The molecule has 1 amide bonds. The number of hydrogen-bond acceptors (Lipinski definition) is 7. The first kappa shape index (κ1) is 28.8. The van der Waals surface area contributed by atoms with E-state index in [1.807, 2.05) is 0 Å². The highest BCUT2D eigenvalue weighted by molar-refractivity contribution is 7.93. The summed E-state index contributed by atoms with van der Waals surface area (Å²) in [5.74, 6) is -0.942. The number of carbonyl (C=O) groups is 2. The maximum Gasteiger partial charge on any atom is 0.427 e. The maximum absolute atomic E-state index is 13.8. The molecule has 1 aliphatic heterocycles. The van der Waals surface area contributed by atoms with Gasteiger partial charge in [-0.15, -0.1) is 0 Å². The van der Waals surface area contributed by atoms with Gasteiger partial charge in [0.1, 0.15) is 16.7 Å². The van der Waals surface area contributed by atoms with Crippen molar-refractivity contribution in [1.29, 1.82) is 0 Å². The number of carbonyl (C=O) groups excluding carboxylic acids is 1. The van der Waals surface area contributed by atoms with Gasteiger partial charge in [0.05, 0.1) is 17.6 Å². The smallest absolute Gasteiger partial charge is 0.427 e. The summed E-state index contributed by atoms with van der Waals surface area (Å²) in [5, 5.41) is 15.5. The predicted molar refractivity (Wildman–Crippen MR) is 132 cm³/mol. The lowest BCUT2D eigenvalue weighted by atomic mass is 9.97. The van der Waals surface area contributed by atoms with Gasteiger partial charge in [-0.2, -0.15) is 18.3 Å². The molecule has 11 nitrogen and oxygen atoms in total. The summed E-state index contributed by atoms with van der Waals surface area (Å²) in [6.45, 7) is 3.16. The van der Waals surface area contributed by atoms with Crippen LogP contribution in [-0.4, -0.2) is 59.8 Å². The first-order chi connectivity index (χ1) is 18.0. The molecular weight excluding hydrogens is 569 g/mol. The van der Waals surface area contributed by atoms with E-state index in [2.05, 4.69) is 15.2 Å². The molecule has 2 aromatic rings. The predicted octanol–water partition coefficient (Wildman–Crippen LogP) is 4.66. The molecule has 1 atom stereocenters. The number of anilines is 2. The van der Waals surface area contributed by atoms with Crippen molar-refractivity contribution in [1.82, 2.24) is 9.78 Å². The van der Waals surface area contributed by atoms with E-state index in [1.165, 1.54) is 29.1 Å².